The Kier molecular flexibility index (Phi) is 6.35. The van der Waals surface area contributed by atoms with Crippen LogP contribution in [0.25, 0.3) is 0 Å². The number of hydrogen-bond acceptors (Lipinski definition) is 4. The summed E-state index contributed by atoms with van der Waals surface area (Å²) in [4.78, 5) is 11.7. The largest absolute Gasteiger partial charge is 0.445 e. The van der Waals surface area contributed by atoms with Crippen LogP contribution in [0.2, 0.25) is 0 Å². The van der Waals surface area contributed by atoms with Gasteiger partial charge in [-0.2, -0.15) is 0 Å². The Morgan fingerprint density at radius 2 is 1.71 bits per heavy atom. The predicted octanol–water partition coefficient (Wildman–Crippen LogP) is 2.62. The van der Waals surface area contributed by atoms with Crippen LogP contribution in [0.3, 0.4) is 0 Å². The summed E-state index contributed by atoms with van der Waals surface area (Å²) in [5.74, 6) is 0. The van der Waals surface area contributed by atoms with Gasteiger partial charge in [-0.15, -0.1) is 0 Å². The Bertz CT molecular complexity index is 652. The predicted molar refractivity (Wildman–Crippen MR) is 91.5 cm³/mol. The van der Waals surface area contributed by atoms with Crippen LogP contribution in [-0.2, 0) is 11.3 Å². The third-order valence-corrected chi connectivity index (χ3v) is 3.62. The van der Waals surface area contributed by atoms with Crippen molar-refractivity contribution in [2.45, 2.75) is 32.7 Å². The standard InChI is InChI=1S/C19H23NO4/c1-13-8-14(2)10-16(9-13)18(22)17(21)11-20-19(23)24-12-15-6-4-3-5-7-15/h3-10,17-18,21-22H,11-12H2,1-2H3,(H,20,23). The van der Waals surface area contributed by atoms with E-state index in [4.69, 9.17) is 4.74 Å². The number of amides is 1. The topological polar surface area (TPSA) is 78.8 Å². The molecule has 0 heterocycles. The lowest BCUT2D eigenvalue weighted by Crippen LogP contribution is -2.35. The Morgan fingerprint density at radius 3 is 2.33 bits per heavy atom. The number of benzene rings is 2. The molecule has 3 N–H and O–H groups in total. The van der Waals surface area contributed by atoms with Gasteiger partial charge in [0.2, 0.25) is 0 Å². The molecule has 0 spiro atoms. The van der Waals surface area contributed by atoms with Gasteiger partial charge in [-0.05, 0) is 25.0 Å². The SMILES string of the molecule is Cc1cc(C)cc(C(O)C(O)CNC(=O)OCc2ccccc2)c1. The second-order valence-corrected chi connectivity index (χ2v) is 5.88. The molecule has 5 heteroatoms. The molecule has 2 aromatic rings. The fourth-order valence-corrected chi connectivity index (χ4v) is 2.48. The molecular weight excluding hydrogens is 306 g/mol. The molecule has 2 aromatic carbocycles. The Labute approximate surface area is 141 Å². The number of aryl methyl sites for hydroxylation is 2. The van der Waals surface area contributed by atoms with Gasteiger partial charge < -0.3 is 20.3 Å². The van der Waals surface area contributed by atoms with Crippen molar-refractivity contribution in [3.8, 4) is 0 Å². The maximum Gasteiger partial charge on any atom is 0.407 e. The molecule has 0 bridgehead atoms. The summed E-state index contributed by atoms with van der Waals surface area (Å²) in [6.45, 7) is 3.91. The van der Waals surface area contributed by atoms with Crippen molar-refractivity contribution < 1.29 is 19.7 Å². The molecule has 0 radical (unpaired) electrons. The van der Waals surface area contributed by atoms with Gasteiger partial charge in [0.25, 0.3) is 0 Å². The molecule has 0 saturated heterocycles. The molecule has 2 unspecified atom stereocenters. The van der Waals surface area contributed by atoms with Gasteiger partial charge in [-0.25, -0.2) is 4.79 Å². The van der Waals surface area contributed by atoms with Gasteiger partial charge in [0.1, 0.15) is 18.8 Å². The summed E-state index contributed by atoms with van der Waals surface area (Å²) in [7, 11) is 0. The fraction of sp³-hybridized carbons (Fsp3) is 0.316. The maximum absolute atomic E-state index is 11.7. The van der Waals surface area contributed by atoms with Crippen molar-refractivity contribution in [1.29, 1.82) is 0 Å². The molecule has 0 fully saturated rings. The van der Waals surface area contributed by atoms with Crippen molar-refractivity contribution in [2.24, 2.45) is 0 Å². The van der Waals surface area contributed by atoms with Crippen LogP contribution in [0.15, 0.2) is 48.5 Å². The second-order valence-electron chi connectivity index (χ2n) is 5.88. The van der Waals surface area contributed by atoms with E-state index in [1.54, 1.807) is 0 Å². The van der Waals surface area contributed by atoms with E-state index in [-0.39, 0.29) is 13.2 Å². The normalized spacial score (nSPS) is 13.2. The number of nitrogens with one attached hydrogen (secondary N) is 1. The minimum Gasteiger partial charge on any atom is -0.445 e. The highest BCUT2D eigenvalue weighted by molar-refractivity contribution is 5.67. The summed E-state index contributed by atoms with van der Waals surface area (Å²) < 4.78 is 5.06. The summed E-state index contributed by atoms with van der Waals surface area (Å²) >= 11 is 0. The molecule has 0 aliphatic rings. The number of ether oxygens (including phenoxy) is 1. The average molecular weight is 329 g/mol. The molecule has 128 valence electrons. The highest BCUT2D eigenvalue weighted by Crippen LogP contribution is 2.19. The first-order valence-corrected chi connectivity index (χ1v) is 7.84. The third-order valence-electron chi connectivity index (χ3n) is 3.62. The summed E-state index contributed by atoms with van der Waals surface area (Å²) in [6, 6.07) is 14.9. The number of alkyl carbamates (subject to hydrolysis) is 1. The number of carbonyl (C=O) groups is 1. The van der Waals surface area contributed by atoms with Crippen molar-refractivity contribution in [3.05, 3.63) is 70.8 Å². The lowest BCUT2D eigenvalue weighted by atomic mass is 10.00. The van der Waals surface area contributed by atoms with Crippen LogP contribution in [0.1, 0.15) is 28.4 Å². The zero-order valence-electron chi connectivity index (χ0n) is 13.9. The van der Waals surface area contributed by atoms with E-state index in [1.165, 1.54) is 0 Å². The fourth-order valence-electron chi connectivity index (χ4n) is 2.48. The highest BCUT2D eigenvalue weighted by Gasteiger charge is 2.19. The molecule has 0 aliphatic carbocycles. The van der Waals surface area contributed by atoms with E-state index in [2.05, 4.69) is 5.32 Å². The quantitative estimate of drug-likeness (QED) is 0.761. The third kappa shape index (κ3) is 5.37. The van der Waals surface area contributed by atoms with Crippen molar-refractivity contribution in [1.82, 2.24) is 5.32 Å². The molecular formula is C19H23NO4. The smallest absolute Gasteiger partial charge is 0.407 e. The van der Waals surface area contributed by atoms with Crippen LogP contribution in [-0.4, -0.2) is 29.0 Å². The number of hydrogen-bond donors (Lipinski definition) is 3. The first kappa shape index (κ1) is 18.0. The summed E-state index contributed by atoms with van der Waals surface area (Å²) in [6.07, 6.45) is -2.82. The van der Waals surface area contributed by atoms with E-state index in [0.29, 0.717) is 5.56 Å². The summed E-state index contributed by atoms with van der Waals surface area (Å²) in [5, 5.41) is 22.7. The molecule has 1 amide bonds. The Hall–Kier alpha value is -2.37. The first-order valence-electron chi connectivity index (χ1n) is 7.84. The van der Waals surface area contributed by atoms with Gasteiger partial charge in [0.05, 0.1) is 0 Å². The average Bonchev–Trinajstić information content (AvgIpc) is 2.57. The van der Waals surface area contributed by atoms with E-state index in [9.17, 15) is 15.0 Å². The van der Waals surface area contributed by atoms with E-state index in [0.717, 1.165) is 16.7 Å². The lowest BCUT2D eigenvalue weighted by Gasteiger charge is -2.19. The molecule has 5 nitrogen and oxygen atoms in total. The lowest BCUT2D eigenvalue weighted by molar-refractivity contribution is 0.0183. The van der Waals surface area contributed by atoms with Gasteiger partial charge in [0.15, 0.2) is 0 Å². The molecule has 2 atom stereocenters. The molecule has 0 aliphatic heterocycles. The molecule has 2 rings (SSSR count). The van der Waals surface area contributed by atoms with Crippen molar-refractivity contribution >= 4 is 6.09 Å². The van der Waals surface area contributed by atoms with Gasteiger partial charge in [0, 0.05) is 6.54 Å². The first-order chi connectivity index (χ1) is 11.5. The van der Waals surface area contributed by atoms with Crippen LogP contribution in [0, 0.1) is 13.8 Å². The van der Waals surface area contributed by atoms with Crippen LogP contribution < -0.4 is 5.32 Å². The van der Waals surface area contributed by atoms with Crippen LogP contribution >= 0.6 is 0 Å². The van der Waals surface area contributed by atoms with Crippen LogP contribution in [0.5, 0.6) is 0 Å². The van der Waals surface area contributed by atoms with Gasteiger partial charge in [-0.1, -0.05) is 59.7 Å². The minimum absolute atomic E-state index is 0.0955. The van der Waals surface area contributed by atoms with Gasteiger partial charge >= 0.3 is 6.09 Å². The molecule has 0 saturated carbocycles. The number of aliphatic hydroxyl groups is 2. The zero-order chi connectivity index (χ0) is 17.5. The molecule has 24 heavy (non-hydrogen) atoms. The minimum atomic E-state index is -1.12. The van der Waals surface area contributed by atoms with Crippen LogP contribution in [0.4, 0.5) is 4.79 Å². The molecule has 0 aromatic heterocycles. The second kappa shape index (κ2) is 8.47. The zero-order valence-corrected chi connectivity index (χ0v) is 13.9. The Balaban J connectivity index is 1.81. The Morgan fingerprint density at radius 1 is 1.08 bits per heavy atom. The maximum atomic E-state index is 11.7. The number of rotatable bonds is 6. The van der Waals surface area contributed by atoms with Gasteiger partial charge in [-0.3, -0.25) is 0 Å². The monoisotopic (exact) mass is 329 g/mol. The number of carbonyl (C=O) groups excluding carboxylic acids is 1. The van der Waals surface area contributed by atoms with Crippen molar-refractivity contribution in [3.63, 3.8) is 0 Å². The van der Waals surface area contributed by atoms with E-state index < -0.39 is 18.3 Å². The van der Waals surface area contributed by atoms with E-state index in [1.807, 2.05) is 62.4 Å². The number of aliphatic hydroxyl groups excluding tert-OH is 2. The van der Waals surface area contributed by atoms with Crippen molar-refractivity contribution in [2.75, 3.05) is 6.54 Å². The van der Waals surface area contributed by atoms with E-state index >= 15 is 0 Å². The highest BCUT2D eigenvalue weighted by atomic mass is 16.5. The summed E-state index contributed by atoms with van der Waals surface area (Å²) in [5.41, 5.74) is 3.51.